The van der Waals surface area contributed by atoms with Crippen LogP contribution >= 0.6 is 22.7 Å². The number of benzene rings is 1. The first kappa shape index (κ1) is 23.2. The van der Waals surface area contributed by atoms with Crippen molar-refractivity contribution in [2.45, 2.75) is 40.5 Å². The first-order valence-corrected chi connectivity index (χ1v) is 11.7. The molecule has 2 N–H and O–H groups in total. The van der Waals surface area contributed by atoms with Crippen LogP contribution in [0.1, 0.15) is 66.6 Å². The van der Waals surface area contributed by atoms with E-state index >= 15 is 0 Å². The van der Waals surface area contributed by atoms with E-state index in [4.69, 9.17) is 0 Å². The number of thiophene rings is 2. The van der Waals surface area contributed by atoms with Crippen LogP contribution in [0.5, 0.6) is 0 Å². The number of anilines is 2. The van der Waals surface area contributed by atoms with Gasteiger partial charge in [-0.3, -0.25) is 9.59 Å². The fraction of sp³-hybridized carbons (Fsp3) is 0.250. The standard InChI is InChI=1S/C24H22N4O2S2/c1-5-17-13(3)31-23(19(17)11-25)27-21(29)15-8-7-9-16(10-15)22(30)28-24-20(12-26)18(6-2)14(4)32-24/h7-10H,5-6H2,1-4H3,(H,27,29)(H,28,30). The van der Waals surface area contributed by atoms with E-state index < -0.39 is 11.8 Å². The number of amides is 2. The molecule has 0 fully saturated rings. The highest BCUT2D eigenvalue weighted by Gasteiger charge is 2.20. The van der Waals surface area contributed by atoms with Gasteiger partial charge in [-0.05, 0) is 56.0 Å². The van der Waals surface area contributed by atoms with E-state index in [9.17, 15) is 20.1 Å². The lowest BCUT2D eigenvalue weighted by molar-refractivity contribution is 0.102. The van der Waals surface area contributed by atoms with E-state index in [-0.39, 0.29) is 0 Å². The number of nitriles is 2. The van der Waals surface area contributed by atoms with E-state index in [2.05, 4.69) is 22.8 Å². The molecule has 162 valence electrons. The third-order valence-electron chi connectivity index (χ3n) is 5.19. The molecule has 2 aromatic heterocycles. The molecule has 0 saturated heterocycles. The third kappa shape index (κ3) is 4.43. The first-order valence-electron chi connectivity index (χ1n) is 10.1. The normalized spacial score (nSPS) is 10.3. The average Bonchev–Trinajstić information content (AvgIpc) is 3.26. The molecule has 32 heavy (non-hydrogen) atoms. The van der Waals surface area contributed by atoms with Crippen LogP contribution in [0.2, 0.25) is 0 Å². The van der Waals surface area contributed by atoms with Gasteiger partial charge < -0.3 is 10.6 Å². The molecule has 0 unspecified atom stereocenters. The summed E-state index contributed by atoms with van der Waals surface area (Å²) in [6, 6.07) is 10.7. The molecule has 1 aromatic carbocycles. The molecule has 3 aromatic rings. The molecule has 0 aliphatic heterocycles. The monoisotopic (exact) mass is 462 g/mol. The average molecular weight is 463 g/mol. The Labute approximate surface area is 195 Å². The Balaban J connectivity index is 1.83. The number of nitrogens with one attached hydrogen (secondary N) is 2. The number of hydrogen-bond donors (Lipinski definition) is 2. The van der Waals surface area contributed by atoms with Gasteiger partial charge in [0.1, 0.15) is 22.1 Å². The minimum Gasteiger partial charge on any atom is -0.312 e. The molecule has 2 amide bonds. The molecule has 0 aliphatic carbocycles. The quantitative estimate of drug-likeness (QED) is 0.483. The SMILES string of the molecule is CCc1c(C)sc(NC(=O)c2cccc(C(=O)Nc3sc(C)c(CC)c3C#N)c2)c1C#N. The van der Waals surface area contributed by atoms with Gasteiger partial charge in [0.15, 0.2) is 0 Å². The van der Waals surface area contributed by atoms with Crippen molar-refractivity contribution in [1.29, 1.82) is 10.5 Å². The lowest BCUT2D eigenvalue weighted by atomic mass is 10.1. The summed E-state index contributed by atoms with van der Waals surface area (Å²) < 4.78 is 0. The number of hydrogen-bond acceptors (Lipinski definition) is 6. The summed E-state index contributed by atoms with van der Waals surface area (Å²) in [6.45, 7) is 7.80. The minimum absolute atomic E-state index is 0.308. The molecule has 0 saturated carbocycles. The second-order valence-electron chi connectivity index (χ2n) is 7.10. The Bertz CT molecular complexity index is 1190. The largest absolute Gasteiger partial charge is 0.312 e. The highest BCUT2D eigenvalue weighted by molar-refractivity contribution is 7.17. The number of carbonyl (C=O) groups is 2. The van der Waals surface area contributed by atoms with E-state index in [1.54, 1.807) is 18.2 Å². The van der Waals surface area contributed by atoms with Crippen LogP contribution in [0.25, 0.3) is 0 Å². The van der Waals surface area contributed by atoms with E-state index in [0.29, 0.717) is 45.1 Å². The predicted molar refractivity (Wildman–Crippen MR) is 129 cm³/mol. The van der Waals surface area contributed by atoms with Gasteiger partial charge >= 0.3 is 0 Å². The number of aryl methyl sites for hydroxylation is 2. The second-order valence-corrected chi connectivity index (χ2v) is 9.55. The summed E-state index contributed by atoms with van der Waals surface area (Å²) in [6.07, 6.45) is 1.42. The first-order chi connectivity index (χ1) is 15.3. The summed E-state index contributed by atoms with van der Waals surface area (Å²) in [5.74, 6) is -0.781. The van der Waals surface area contributed by atoms with Crippen molar-refractivity contribution in [3.8, 4) is 12.1 Å². The van der Waals surface area contributed by atoms with Crippen molar-refractivity contribution in [2.24, 2.45) is 0 Å². The topological polar surface area (TPSA) is 106 Å². The highest BCUT2D eigenvalue weighted by Crippen LogP contribution is 2.34. The maximum absolute atomic E-state index is 12.8. The molecular weight excluding hydrogens is 440 g/mol. The Kier molecular flexibility index (Phi) is 7.09. The van der Waals surface area contributed by atoms with E-state index in [1.807, 2.05) is 27.7 Å². The molecule has 0 radical (unpaired) electrons. The van der Waals surface area contributed by atoms with Crippen molar-refractivity contribution in [2.75, 3.05) is 10.6 Å². The molecule has 6 nitrogen and oxygen atoms in total. The number of carbonyl (C=O) groups excluding carboxylic acids is 2. The van der Waals surface area contributed by atoms with Crippen LogP contribution in [0.3, 0.4) is 0 Å². The molecule has 2 heterocycles. The Hall–Kier alpha value is -3.46. The fourth-order valence-electron chi connectivity index (χ4n) is 3.57. The predicted octanol–water partition coefficient (Wildman–Crippen LogP) is 5.80. The Morgan fingerprint density at radius 1 is 0.844 bits per heavy atom. The lowest BCUT2D eigenvalue weighted by Gasteiger charge is -2.07. The maximum atomic E-state index is 12.8. The molecule has 3 rings (SSSR count). The summed E-state index contributed by atoms with van der Waals surface area (Å²) in [5, 5.41) is 25.6. The highest BCUT2D eigenvalue weighted by atomic mass is 32.1. The van der Waals surface area contributed by atoms with Gasteiger partial charge in [0.05, 0.1) is 11.1 Å². The van der Waals surface area contributed by atoms with Gasteiger partial charge in [-0.15, -0.1) is 22.7 Å². The fourth-order valence-corrected chi connectivity index (χ4v) is 5.75. The summed E-state index contributed by atoms with van der Waals surface area (Å²) in [5.41, 5.74) is 3.46. The summed E-state index contributed by atoms with van der Waals surface area (Å²) in [4.78, 5) is 27.6. The van der Waals surface area contributed by atoms with E-state index in [0.717, 1.165) is 20.9 Å². The van der Waals surface area contributed by atoms with Crippen LogP contribution in [0.15, 0.2) is 24.3 Å². The van der Waals surface area contributed by atoms with Gasteiger partial charge in [-0.1, -0.05) is 19.9 Å². The molecule has 0 bridgehead atoms. The molecule has 8 heteroatoms. The molecule has 0 spiro atoms. The smallest absolute Gasteiger partial charge is 0.256 e. The van der Waals surface area contributed by atoms with Gasteiger partial charge in [-0.25, -0.2) is 0 Å². The van der Waals surface area contributed by atoms with Crippen molar-refractivity contribution in [1.82, 2.24) is 0 Å². The Morgan fingerprint density at radius 3 is 1.59 bits per heavy atom. The van der Waals surface area contributed by atoms with E-state index in [1.165, 1.54) is 28.7 Å². The number of rotatable bonds is 6. The second kappa shape index (κ2) is 9.78. The molecule has 0 aliphatic rings. The maximum Gasteiger partial charge on any atom is 0.256 e. The van der Waals surface area contributed by atoms with Crippen LogP contribution in [-0.2, 0) is 12.8 Å². The van der Waals surface area contributed by atoms with Gasteiger partial charge in [0.2, 0.25) is 0 Å². The molecule has 0 atom stereocenters. The minimum atomic E-state index is -0.391. The van der Waals surface area contributed by atoms with Crippen molar-refractivity contribution >= 4 is 44.5 Å². The Morgan fingerprint density at radius 2 is 1.25 bits per heavy atom. The molecular formula is C24H22N4O2S2. The van der Waals surface area contributed by atoms with Crippen LogP contribution < -0.4 is 10.6 Å². The van der Waals surface area contributed by atoms with Crippen molar-refractivity contribution in [3.63, 3.8) is 0 Å². The lowest BCUT2D eigenvalue weighted by Crippen LogP contribution is -2.15. The zero-order valence-electron chi connectivity index (χ0n) is 18.3. The summed E-state index contributed by atoms with van der Waals surface area (Å²) >= 11 is 2.74. The zero-order chi connectivity index (χ0) is 23.4. The van der Waals surface area contributed by atoms with Crippen LogP contribution in [0.4, 0.5) is 10.0 Å². The van der Waals surface area contributed by atoms with Gasteiger partial charge in [-0.2, -0.15) is 10.5 Å². The van der Waals surface area contributed by atoms with Crippen molar-refractivity contribution < 1.29 is 9.59 Å². The van der Waals surface area contributed by atoms with Gasteiger partial charge in [0.25, 0.3) is 11.8 Å². The zero-order valence-corrected chi connectivity index (χ0v) is 19.9. The van der Waals surface area contributed by atoms with Crippen molar-refractivity contribution in [3.05, 3.63) is 67.4 Å². The van der Waals surface area contributed by atoms with Gasteiger partial charge in [0, 0.05) is 20.9 Å². The number of nitrogens with zero attached hydrogens (tertiary/aromatic N) is 2. The summed E-state index contributed by atoms with van der Waals surface area (Å²) in [7, 11) is 0. The third-order valence-corrected chi connectivity index (χ3v) is 7.32. The van der Waals surface area contributed by atoms with Crippen LogP contribution in [-0.4, -0.2) is 11.8 Å². The van der Waals surface area contributed by atoms with Crippen LogP contribution in [0, 0.1) is 36.5 Å².